The average molecular weight is 424 g/mol. The van der Waals surface area contributed by atoms with Crippen LogP contribution in [-0.4, -0.2) is 30.3 Å². The molecule has 0 aliphatic carbocycles. The van der Waals surface area contributed by atoms with Crippen molar-refractivity contribution in [3.63, 3.8) is 0 Å². The Bertz CT molecular complexity index is 987. The number of rotatable bonds is 10. The molecule has 0 saturated heterocycles. The Morgan fingerprint density at radius 3 is 2.52 bits per heavy atom. The maximum atomic E-state index is 12.6. The average Bonchev–Trinajstić information content (AvgIpc) is 3.30. The van der Waals surface area contributed by atoms with Crippen molar-refractivity contribution < 1.29 is 18.8 Å². The second kappa shape index (κ2) is 10.6. The first-order valence-electron chi connectivity index (χ1n) is 10.4. The summed E-state index contributed by atoms with van der Waals surface area (Å²) in [6.07, 6.45) is 1.94. The molecular formula is C24H29N3O4. The van der Waals surface area contributed by atoms with Crippen LogP contribution in [0.25, 0.3) is 11.4 Å². The minimum Gasteiger partial charge on any atom is -0.493 e. The summed E-state index contributed by atoms with van der Waals surface area (Å²) in [7, 11) is 3.16. The highest BCUT2D eigenvalue weighted by molar-refractivity contribution is 5.76. The predicted molar refractivity (Wildman–Crippen MR) is 118 cm³/mol. The highest BCUT2D eigenvalue weighted by Gasteiger charge is 2.26. The van der Waals surface area contributed by atoms with Crippen LogP contribution in [0.3, 0.4) is 0 Å². The monoisotopic (exact) mass is 423 g/mol. The van der Waals surface area contributed by atoms with E-state index in [1.54, 1.807) is 26.4 Å². The Balaban J connectivity index is 1.74. The SMILES string of the molecule is CC[C@@H](C)[C@H](NC(=O)CCc1ccccc1)c1nc(-c2ccc(OC)c(OC)c2)no1. The molecule has 3 aromatic rings. The minimum absolute atomic E-state index is 0.0416. The van der Waals surface area contributed by atoms with Gasteiger partial charge in [-0.15, -0.1) is 0 Å². The third-order valence-corrected chi connectivity index (χ3v) is 5.36. The van der Waals surface area contributed by atoms with Gasteiger partial charge in [0.15, 0.2) is 11.5 Å². The van der Waals surface area contributed by atoms with Crippen LogP contribution in [-0.2, 0) is 11.2 Å². The zero-order valence-corrected chi connectivity index (χ0v) is 18.4. The number of carbonyl (C=O) groups is 1. The van der Waals surface area contributed by atoms with E-state index in [0.717, 1.165) is 17.5 Å². The molecule has 1 heterocycles. The normalized spacial score (nSPS) is 12.8. The second-order valence-electron chi connectivity index (χ2n) is 7.44. The Morgan fingerprint density at radius 2 is 1.84 bits per heavy atom. The van der Waals surface area contributed by atoms with Gasteiger partial charge in [0.05, 0.1) is 14.2 Å². The van der Waals surface area contributed by atoms with E-state index in [2.05, 4.69) is 29.3 Å². The molecule has 1 N–H and O–H groups in total. The number of methoxy groups -OCH3 is 2. The van der Waals surface area contributed by atoms with E-state index < -0.39 is 0 Å². The van der Waals surface area contributed by atoms with Gasteiger partial charge in [-0.3, -0.25) is 4.79 Å². The van der Waals surface area contributed by atoms with Gasteiger partial charge in [0, 0.05) is 12.0 Å². The van der Waals surface area contributed by atoms with Gasteiger partial charge in [0.25, 0.3) is 0 Å². The van der Waals surface area contributed by atoms with Crippen LogP contribution in [0, 0.1) is 5.92 Å². The molecule has 1 aromatic heterocycles. The number of hydrogen-bond donors (Lipinski definition) is 1. The van der Waals surface area contributed by atoms with Crippen molar-refractivity contribution in [1.82, 2.24) is 15.5 Å². The molecule has 7 heteroatoms. The number of aromatic nitrogens is 2. The molecule has 1 amide bonds. The highest BCUT2D eigenvalue weighted by Crippen LogP contribution is 2.32. The summed E-state index contributed by atoms with van der Waals surface area (Å²) in [6.45, 7) is 4.13. The fourth-order valence-corrected chi connectivity index (χ4v) is 3.29. The molecule has 0 saturated carbocycles. The van der Waals surface area contributed by atoms with Gasteiger partial charge < -0.3 is 19.3 Å². The molecule has 0 spiro atoms. The molecule has 3 rings (SSSR count). The second-order valence-corrected chi connectivity index (χ2v) is 7.44. The first-order chi connectivity index (χ1) is 15.0. The van der Waals surface area contributed by atoms with E-state index >= 15 is 0 Å². The lowest BCUT2D eigenvalue weighted by Gasteiger charge is -2.20. The number of hydrogen-bond acceptors (Lipinski definition) is 6. The maximum absolute atomic E-state index is 12.6. The summed E-state index contributed by atoms with van der Waals surface area (Å²) in [5, 5.41) is 7.20. The molecule has 0 aliphatic rings. The van der Waals surface area contributed by atoms with Crippen molar-refractivity contribution in [3.8, 4) is 22.9 Å². The summed E-state index contributed by atoms with van der Waals surface area (Å²) < 4.78 is 16.2. The number of carbonyl (C=O) groups excluding carboxylic acids is 1. The Labute approximate surface area is 182 Å². The van der Waals surface area contributed by atoms with E-state index in [-0.39, 0.29) is 17.9 Å². The Kier molecular flexibility index (Phi) is 7.65. The third-order valence-electron chi connectivity index (χ3n) is 5.36. The van der Waals surface area contributed by atoms with Crippen molar-refractivity contribution in [2.75, 3.05) is 14.2 Å². The lowest BCUT2D eigenvalue weighted by atomic mass is 9.98. The van der Waals surface area contributed by atoms with Gasteiger partial charge in [-0.25, -0.2) is 0 Å². The summed E-state index contributed by atoms with van der Waals surface area (Å²) in [6, 6.07) is 15.0. The number of benzene rings is 2. The summed E-state index contributed by atoms with van der Waals surface area (Å²) in [5.74, 6) is 2.13. The van der Waals surface area contributed by atoms with Crippen LogP contribution in [0.1, 0.15) is 44.2 Å². The molecule has 0 bridgehead atoms. The number of nitrogens with zero attached hydrogens (tertiary/aromatic N) is 2. The Morgan fingerprint density at radius 1 is 1.10 bits per heavy atom. The number of ether oxygens (including phenoxy) is 2. The first-order valence-corrected chi connectivity index (χ1v) is 10.4. The smallest absolute Gasteiger partial charge is 0.249 e. The zero-order chi connectivity index (χ0) is 22.2. The number of aryl methyl sites for hydroxylation is 1. The van der Waals surface area contributed by atoms with E-state index in [1.165, 1.54) is 0 Å². The van der Waals surface area contributed by atoms with Crippen LogP contribution in [0.2, 0.25) is 0 Å². The summed E-state index contributed by atoms with van der Waals surface area (Å²) in [5.41, 5.74) is 1.87. The topological polar surface area (TPSA) is 86.5 Å². The van der Waals surface area contributed by atoms with Crippen LogP contribution >= 0.6 is 0 Å². The van der Waals surface area contributed by atoms with Gasteiger partial charge in [-0.05, 0) is 36.1 Å². The lowest BCUT2D eigenvalue weighted by Crippen LogP contribution is -2.32. The molecule has 0 aliphatic heterocycles. The van der Waals surface area contributed by atoms with Gasteiger partial charge >= 0.3 is 0 Å². The first kappa shape index (κ1) is 22.3. The van der Waals surface area contributed by atoms with Crippen molar-refractivity contribution in [2.45, 2.75) is 39.2 Å². The van der Waals surface area contributed by atoms with Crippen molar-refractivity contribution in [2.24, 2.45) is 5.92 Å². The van der Waals surface area contributed by atoms with E-state index in [4.69, 9.17) is 14.0 Å². The van der Waals surface area contributed by atoms with Crippen molar-refractivity contribution in [1.29, 1.82) is 0 Å². The fourth-order valence-electron chi connectivity index (χ4n) is 3.29. The van der Waals surface area contributed by atoms with Crippen LogP contribution in [0.15, 0.2) is 53.1 Å². The van der Waals surface area contributed by atoms with Gasteiger partial charge in [-0.2, -0.15) is 4.98 Å². The van der Waals surface area contributed by atoms with Gasteiger partial charge in [0.1, 0.15) is 6.04 Å². The largest absolute Gasteiger partial charge is 0.493 e. The van der Waals surface area contributed by atoms with E-state index in [9.17, 15) is 4.79 Å². The Hall–Kier alpha value is -3.35. The molecule has 7 nitrogen and oxygen atoms in total. The molecule has 31 heavy (non-hydrogen) atoms. The standard InChI is InChI=1S/C24H29N3O4/c1-5-16(2)22(25-21(28)14-11-17-9-7-6-8-10-17)24-26-23(27-31-24)18-12-13-19(29-3)20(15-18)30-4/h6-10,12-13,15-16,22H,5,11,14H2,1-4H3,(H,25,28)/t16-,22+/m1/s1. The lowest BCUT2D eigenvalue weighted by molar-refractivity contribution is -0.122. The maximum Gasteiger partial charge on any atom is 0.249 e. The number of nitrogens with one attached hydrogen (secondary N) is 1. The molecule has 0 fully saturated rings. The van der Waals surface area contributed by atoms with Crippen molar-refractivity contribution in [3.05, 3.63) is 60.0 Å². The molecule has 0 unspecified atom stereocenters. The van der Waals surface area contributed by atoms with Crippen LogP contribution in [0.5, 0.6) is 11.5 Å². The molecule has 164 valence electrons. The minimum atomic E-state index is -0.352. The van der Waals surface area contributed by atoms with Gasteiger partial charge in [-0.1, -0.05) is 55.8 Å². The highest BCUT2D eigenvalue weighted by atomic mass is 16.5. The zero-order valence-electron chi connectivity index (χ0n) is 18.4. The summed E-state index contributed by atoms with van der Waals surface area (Å²) >= 11 is 0. The van der Waals surface area contributed by atoms with Crippen LogP contribution in [0.4, 0.5) is 0 Å². The quantitative estimate of drug-likeness (QED) is 0.513. The van der Waals surface area contributed by atoms with Crippen LogP contribution < -0.4 is 14.8 Å². The molecule has 2 aromatic carbocycles. The fraction of sp³-hybridized carbons (Fsp3) is 0.375. The molecule has 2 atom stereocenters. The number of amides is 1. The van der Waals surface area contributed by atoms with Gasteiger partial charge in [0.2, 0.25) is 17.6 Å². The van der Waals surface area contributed by atoms with Crippen molar-refractivity contribution >= 4 is 5.91 Å². The molecule has 0 radical (unpaired) electrons. The third kappa shape index (κ3) is 5.63. The predicted octanol–water partition coefficient (Wildman–Crippen LogP) is 4.59. The molecular weight excluding hydrogens is 394 g/mol. The van der Waals surface area contributed by atoms with E-state index in [0.29, 0.717) is 36.1 Å². The van der Waals surface area contributed by atoms with E-state index in [1.807, 2.05) is 36.4 Å². The summed E-state index contributed by atoms with van der Waals surface area (Å²) in [4.78, 5) is 17.2.